The molecule has 1 N–H and O–H groups in total. The van der Waals surface area contributed by atoms with E-state index in [1.54, 1.807) is 6.07 Å². The maximum absolute atomic E-state index is 13.6. The Morgan fingerprint density at radius 2 is 1.82 bits per heavy atom. The number of hydrogen-bond donors (Lipinski definition) is 1. The topological polar surface area (TPSA) is 175 Å². The lowest BCUT2D eigenvalue weighted by atomic mass is 9.78. The van der Waals surface area contributed by atoms with Gasteiger partial charge in [-0.15, -0.1) is 0 Å². The Morgan fingerprint density at radius 1 is 1.21 bits per heavy atom. The zero-order chi connectivity index (χ0) is 25.0. The first kappa shape index (κ1) is 25.9. The van der Waals surface area contributed by atoms with Gasteiger partial charge in [-0.1, -0.05) is 12.1 Å². The molecule has 1 unspecified atom stereocenters. The van der Waals surface area contributed by atoms with Crippen molar-refractivity contribution < 1.29 is 42.7 Å². The molecule has 0 bridgehead atoms. The normalized spacial score (nSPS) is 18.2. The molecule has 0 saturated heterocycles. The maximum atomic E-state index is 13.6. The lowest BCUT2D eigenvalue weighted by Crippen LogP contribution is -2.40. The number of nitro groups is 1. The van der Waals surface area contributed by atoms with Gasteiger partial charge in [-0.2, -0.15) is 5.26 Å². The van der Waals surface area contributed by atoms with Gasteiger partial charge in [-0.3, -0.25) is 14.9 Å². The van der Waals surface area contributed by atoms with E-state index < -0.39 is 57.8 Å². The predicted molar refractivity (Wildman–Crippen MR) is 114 cm³/mol. The third-order valence-electron chi connectivity index (χ3n) is 4.77. The minimum absolute atomic E-state index is 0.165. The first-order chi connectivity index (χ1) is 15.6. The summed E-state index contributed by atoms with van der Waals surface area (Å²) < 4.78 is 20.0. The number of Topliss-reactive ketones (excluding diaryl/α,β-unsaturated/α-hetero) is 1. The fraction of sp³-hybridized carbons (Fsp3) is 0.350. The number of nitrogens with zero attached hydrogens (tertiary/aromatic N) is 2. The average molecular weight is 480 g/mol. The molecular formula is C20H21N2O10P. The highest BCUT2D eigenvalue weighted by atomic mass is 31.2. The molecule has 1 aliphatic rings. The average Bonchev–Trinajstić information content (AvgIpc) is 3.08. The van der Waals surface area contributed by atoms with Crippen LogP contribution in [-0.2, 0) is 32.9 Å². The van der Waals surface area contributed by atoms with Crippen LogP contribution in [-0.4, -0.2) is 60.3 Å². The number of ketones is 1. The highest BCUT2D eigenvalue weighted by molar-refractivity contribution is 7.65. The highest BCUT2D eigenvalue weighted by Crippen LogP contribution is 2.56. The third kappa shape index (κ3) is 4.19. The molecule has 1 aromatic rings. The molecular weight excluding hydrogens is 459 g/mol. The molecule has 0 amide bonds. The Kier molecular flexibility index (Phi) is 7.89. The summed E-state index contributed by atoms with van der Waals surface area (Å²) in [4.78, 5) is 61.2. The number of benzene rings is 1. The van der Waals surface area contributed by atoms with Gasteiger partial charge in [0.15, 0.2) is 0 Å². The van der Waals surface area contributed by atoms with E-state index in [9.17, 15) is 34.7 Å². The van der Waals surface area contributed by atoms with E-state index in [2.05, 4.69) is 0 Å². The third-order valence-corrected chi connectivity index (χ3v) is 6.75. The van der Waals surface area contributed by atoms with Crippen molar-refractivity contribution in [2.75, 3.05) is 27.4 Å². The van der Waals surface area contributed by atoms with Gasteiger partial charge in [0, 0.05) is 31.9 Å². The van der Waals surface area contributed by atoms with E-state index in [0.717, 1.165) is 26.4 Å². The minimum atomic E-state index is -4.29. The molecule has 2 rings (SSSR count). The molecule has 176 valence electrons. The summed E-state index contributed by atoms with van der Waals surface area (Å²) in [7, 11) is -2.29. The zero-order valence-electron chi connectivity index (χ0n) is 18.2. The molecule has 0 saturated carbocycles. The molecule has 13 heteroatoms. The van der Waals surface area contributed by atoms with Crippen molar-refractivity contribution in [2.24, 2.45) is 5.41 Å². The number of esters is 2. The highest BCUT2D eigenvalue weighted by Gasteiger charge is 2.63. The Bertz CT molecular complexity index is 1140. The first-order valence-corrected chi connectivity index (χ1v) is 11.1. The van der Waals surface area contributed by atoms with E-state index >= 15 is 0 Å². The number of nitro benzene ring substituents is 1. The zero-order valence-corrected chi connectivity index (χ0v) is 19.1. The Balaban J connectivity index is 3.19. The summed E-state index contributed by atoms with van der Waals surface area (Å²) >= 11 is 0. The molecule has 1 aromatic carbocycles. The fourth-order valence-corrected chi connectivity index (χ4v) is 4.79. The summed E-state index contributed by atoms with van der Waals surface area (Å²) in [6.45, 7) is 2.51. The van der Waals surface area contributed by atoms with Crippen molar-refractivity contribution >= 4 is 41.8 Å². The number of hydrogen-bond acceptors (Lipinski definition) is 11. The van der Waals surface area contributed by atoms with Gasteiger partial charge in [-0.05, 0) is 19.4 Å². The van der Waals surface area contributed by atoms with Crippen LogP contribution in [0.4, 0.5) is 5.69 Å². The smallest absolute Gasteiger partial charge is 0.339 e. The first-order valence-electron chi connectivity index (χ1n) is 9.50. The largest absolute Gasteiger partial charge is 0.464 e. The van der Waals surface area contributed by atoms with E-state index in [0.29, 0.717) is 0 Å². The van der Waals surface area contributed by atoms with E-state index in [4.69, 9.17) is 18.5 Å². The van der Waals surface area contributed by atoms with Gasteiger partial charge in [0.1, 0.15) is 5.29 Å². The number of ether oxygens (including phenoxy) is 2. The van der Waals surface area contributed by atoms with Crippen molar-refractivity contribution in [1.29, 1.82) is 5.26 Å². The van der Waals surface area contributed by atoms with Crippen LogP contribution < -0.4 is 0 Å². The Hall–Kier alpha value is -3.36. The fourth-order valence-electron chi connectivity index (χ4n) is 3.36. The Labute approximate surface area is 188 Å². The van der Waals surface area contributed by atoms with Gasteiger partial charge in [-0.25, -0.2) is 9.59 Å². The summed E-state index contributed by atoms with van der Waals surface area (Å²) in [5, 5.41) is 20.6. The molecule has 0 heterocycles. The van der Waals surface area contributed by atoms with Crippen LogP contribution in [0.2, 0.25) is 0 Å². The lowest BCUT2D eigenvalue weighted by molar-refractivity contribution is -0.384. The van der Waals surface area contributed by atoms with Crippen molar-refractivity contribution in [2.45, 2.75) is 13.8 Å². The van der Waals surface area contributed by atoms with E-state index in [-0.39, 0.29) is 18.8 Å². The van der Waals surface area contributed by atoms with Gasteiger partial charge < -0.3 is 23.4 Å². The molecule has 0 fully saturated rings. The van der Waals surface area contributed by atoms with Crippen molar-refractivity contribution in [3.05, 3.63) is 45.5 Å². The molecule has 0 radical (unpaired) electrons. The molecule has 1 atom stereocenters. The number of carbonyl (C=O) groups is 3. The second kappa shape index (κ2) is 10.1. The van der Waals surface area contributed by atoms with E-state index in [1.807, 2.05) is 0 Å². The van der Waals surface area contributed by atoms with Gasteiger partial charge in [0.2, 0.25) is 11.2 Å². The summed E-state index contributed by atoms with van der Waals surface area (Å²) in [5.41, 5.74) is -4.59. The van der Waals surface area contributed by atoms with Crippen LogP contribution in [0.15, 0.2) is 29.8 Å². The Morgan fingerprint density at radius 3 is 2.30 bits per heavy atom. The van der Waals surface area contributed by atoms with Gasteiger partial charge >= 0.3 is 11.9 Å². The van der Waals surface area contributed by atoms with Crippen LogP contribution in [0.25, 0.3) is 5.57 Å². The van der Waals surface area contributed by atoms with Crippen LogP contribution >= 0.6 is 7.57 Å². The molecule has 1 aliphatic carbocycles. The summed E-state index contributed by atoms with van der Waals surface area (Å²) in [5.74, 6) is -3.82. The second-order valence-electron chi connectivity index (χ2n) is 6.42. The number of carbonyl (C=O) groups excluding carboxylic acids is 3. The van der Waals surface area contributed by atoms with Crippen LogP contribution in [0.1, 0.15) is 19.4 Å². The second-order valence-corrected chi connectivity index (χ2v) is 8.64. The van der Waals surface area contributed by atoms with Crippen molar-refractivity contribution in [3.63, 3.8) is 0 Å². The molecule has 0 aliphatic heterocycles. The van der Waals surface area contributed by atoms with Crippen LogP contribution in [0.5, 0.6) is 0 Å². The van der Waals surface area contributed by atoms with Crippen LogP contribution in [0, 0.1) is 26.9 Å². The van der Waals surface area contributed by atoms with Crippen molar-refractivity contribution in [3.8, 4) is 6.07 Å². The monoisotopic (exact) mass is 480 g/mol. The number of non-ortho nitro benzene ring substituents is 1. The minimum Gasteiger partial charge on any atom is -0.464 e. The van der Waals surface area contributed by atoms with Crippen molar-refractivity contribution in [1.82, 2.24) is 0 Å². The molecule has 33 heavy (non-hydrogen) atoms. The summed E-state index contributed by atoms with van der Waals surface area (Å²) in [6.07, 6.45) is 0. The molecule has 0 aromatic heterocycles. The predicted octanol–water partition coefficient (Wildman–Crippen LogP) is 1.79. The SMILES string of the molecule is CCOC(=O)C1=C(c2cccc([N+](=O)[O-])c2)C(C#N)(C(=O)OCC)C(=O)C1=P(O)(OC)OC. The molecule has 12 nitrogen and oxygen atoms in total. The van der Waals surface area contributed by atoms with Gasteiger partial charge in [0.25, 0.3) is 13.3 Å². The van der Waals surface area contributed by atoms with E-state index in [1.165, 1.54) is 26.0 Å². The number of nitriles is 1. The molecule has 0 spiro atoms. The standard InChI is InChI=1S/C20H21N2O10P/c1-5-31-18(24)14-15(12-8-7-9-13(10-12)22(26)27)20(11-21,19(25)32-6-2)17(23)16(14)33(28,29-3)30-4/h7-10,28H,5-6H2,1-4H3. The quantitative estimate of drug-likeness (QED) is 0.189. The van der Waals surface area contributed by atoms with Crippen LogP contribution in [0.3, 0.4) is 0 Å². The summed E-state index contributed by atoms with van der Waals surface area (Å²) in [6, 6.07) is 6.23. The number of rotatable bonds is 8. The van der Waals surface area contributed by atoms with Gasteiger partial charge in [0.05, 0.1) is 29.8 Å². The lowest BCUT2D eigenvalue weighted by Gasteiger charge is -2.22. The maximum Gasteiger partial charge on any atom is 0.339 e.